The maximum atomic E-state index is 11.3. The normalized spacial score (nSPS) is 11.8. The Bertz CT molecular complexity index is 286. The number of halogens is 1. The first kappa shape index (κ1) is 13.8. The lowest BCUT2D eigenvalue weighted by Gasteiger charge is -2.18. The second-order valence-corrected chi connectivity index (χ2v) is 4.39. The molecule has 0 rings (SSSR count). The van der Waals surface area contributed by atoms with Crippen LogP contribution in [0.1, 0.15) is 20.8 Å². The second kappa shape index (κ2) is 6.31. The number of carbonyl (C=O) groups is 1. The molecule has 0 atom stereocenters. The smallest absolute Gasteiger partial charge is 0.263 e. The first-order chi connectivity index (χ1) is 6.90. The van der Waals surface area contributed by atoms with Crippen molar-refractivity contribution in [3.8, 4) is 6.07 Å². The van der Waals surface area contributed by atoms with Crippen molar-refractivity contribution >= 4 is 17.5 Å². The fraction of sp³-hybridized carbons (Fsp3) is 0.600. The van der Waals surface area contributed by atoms with Crippen LogP contribution in [-0.2, 0) is 4.79 Å². The molecule has 4 nitrogen and oxygen atoms in total. The molecule has 0 saturated heterocycles. The van der Waals surface area contributed by atoms with Gasteiger partial charge in [-0.05, 0) is 20.8 Å². The standard InChI is InChI=1S/C10H16ClN3O/c1-10(2,3)14-7-8(6-12)9(15)13-5-4-11/h7,14H,4-5H2,1-3H3,(H,13,15)/b8-7-. The summed E-state index contributed by atoms with van der Waals surface area (Å²) in [7, 11) is 0. The van der Waals surface area contributed by atoms with Gasteiger partial charge in [-0.15, -0.1) is 11.6 Å². The number of carbonyl (C=O) groups excluding carboxylic acids is 1. The van der Waals surface area contributed by atoms with Crippen molar-refractivity contribution in [3.05, 3.63) is 11.8 Å². The Balaban J connectivity index is 4.37. The van der Waals surface area contributed by atoms with Crippen LogP contribution in [0.3, 0.4) is 0 Å². The minimum atomic E-state index is -0.407. The molecule has 0 heterocycles. The quantitative estimate of drug-likeness (QED) is 0.432. The molecule has 0 saturated carbocycles. The van der Waals surface area contributed by atoms with E-state index in [1.54, 1.807) is 0 Å². The Morgan fingerprint density at radius 1 is 1.53 bits per heavy atom. The molecule has 0 aliphatic carbocycles. The number of nitrogens with zero attached hydrogens (tertiary/aromatic N) is 1. The van der Waals surface area contributed by atoms with Gasteiger partial charge in [0, 0.05) is 24.2 Å². The van der Waals surface area contributed by atoms with E-state index in [-0.39, 0.29) is 11.1 Å². The van der Waals surface area contributed by atoms with Crippen molar-refractivity contribution in [2.45, 2.75) is 26.3 Å². The van der Waals surface area contributed by atoms with E-state index in [4.69, 9.17) is 16.9 Å². The molecule has 0 aromatic heterocycles. The van der Waals surface area contributed by atoms with Crippen LogP contribution in [0.15, 0.2) is 11.8 Å². The largest absolute Gasteiger partial charge is 0.385 e. The highest BCUT2D eigenvalue weighted by molar-refractivity contribution is 6.18. The van der Waals surface area contributed by atoms with Gasteiger partial charge in [0.25, 0.3) is 5.91 Å². The highest BCUT2D eigenvalue weighted by Gasteiger charge is 2.11. The number of hydrogen-bond acceptors (Lipinski definition) is 3. The van der Waals surface area contributed by atoms with Crippen LogP contribution in [0.5, 0.6) is 0 Å². The number of alkyl halides is 1. The number of amides is 1. The number of nitriles is 1. The Morgan fingerprint density at radius 2 is 2.13 bits per heavy atom. The van der Waals surface area contributed by atoms with Crippen LogP contribution in [0, 0.1) is 11.3 Å². The van der Waals surface area contributed by atoms with Gasteiger partial charge in [-0.25, -0.2) is 0 Å². The summed E-state index contributed by atoms with van der Waals surface area (Å²) in [4.78, 5) is 11.3. The summed E-state index contributed by atoms with van der Waals surface area (Å²) in [6.45, 7) is 6.18. The summed E-state index contributed by atoms with van der Waals surface area (Å²) < 4.78 is 0. The third-order valence-corrected chi connectivity index (χ3v) is 1.58. The summed E-state index contributed by atoms with van der Waals surface area (Å²) >= 11 is 5.41. The molecule has 0 spiro atoms. The molecule has 0 aliphatic heterocycles. The van der Waals surface area contributed by atoms with Gasteiger partial charge in [-0.1, -0.05) is 0 Å². The molecule has 0 radical (unpaired) electrons. The van der Waals surface area contributed by atoms with Crippen molar-refractivity contribution in [1.29, 1.82) is 5.26 Å². The average molecular weight is 230 g/mol. The van der Waals surface area contributed by atoms with Crippen LogP contribution in [0.4, 0.5) is 0 Å². The third-order valence-electron chi connectivity index (χ3n) is 1.39. The Kier molecular flexibility index (Phi) is 5.80. The summed E-state index contributed by atoms with van der Waals surface area (Å²) in [6, 6.07) is 1.83. The lowest BCUT2D eigenvalue weighted by Crippen LogP contribution is -2.33. The topological polar surface area (TPSA) is 64.9 Å². The number of rotatable bonds is 4. The molecule has 5 heteroatoms. The monoisotopic (exact) mass is 229 g/mol. The molecule has 1 amide bonds. The zero-order chi connectivity index (χ0) is 11.9. The molecule has 0 aliphatic rings. The SMILES string of the molecule is CC(C)(C)N/C=C(/C#N)C(=O)NCCCl. The van der Waals surface area contributed by atoms with Crippen molar-refractivity contribution in [2.75, 3.05) is 12.4 Å². The molecular weight excluding hydrogens is 214 g/mol. The second-order valence-electron chi connectivity index (χ2n) is 4.01. The van der Waals surface area contributed by atoms with Gasteiger partial charge >= 0.3 is 0 Å². The molecule has 0 bridgehead atoms. The van der Waals surface area contributed by atoms with E-state index in [1.807, 2.05) is 26.8 Å². The zero-order valence-corrected chi connectivity index (χ0v) is 9.98. The van der Waals surface area contributed by atoms with Gasteiger partial charge in [-0.3, -0.25) is 4.79 Å². The molecule has 0 unspecified atom stereocenters. The fourth-order valence-corrected chi connectivity index (χ4v) is 0.788. The lowest BCUT2D eigenvalue weighted by atomic mass is 10.1. The minimum Gasteiger partial charge on any atom is -0.385 e. The predicted octanol–water partition coefficient (Wildman–Crippen LogP) is 1.14. The first-order valence-electron chi connectivity index (χ1n) is 4.63. The molecule has 0 fully saturated rings. The Hall–Kier alpha value is -1.21. The van der Waals surface area contributed by atoms with Crippen LogP contribution >= 0.6 is 11.6 Å². The zero-order valence-electron chi connectivity index (χ0n) is 9.22. The van der Waals surface area contributed by atoms with E-state index >= 15 is 0 Å². The Labute approximate surface area is 95.3 Å². The van der Waals surface area contributed by atoms with Crippen LogP contribution in [-0.4, -0.2) is 23.9 Å². The minimum absolute atomic E-state index is 0.0510. The van der Waals surface area contributed by atoms with Gasteiger partial charge in [0.15, 0.2) is 0 Å². The maximum absolute atomic E-state index is 11.3. The summed E-state index contributed by atoms with van der Waals surface area (Å²) in [5.74, 6) is -0.0770. The van der Waals surface area contributed by atoms with Crippen LogP contribution in [0.2, 0.25) is 0 Å². The highest BCUT2D eigenvalue weighted by atomic mass is 35.5. The van der Waals surface area contributed by atoms with E-state index in [9.17, 15) is 4.79 Å². The van der Waals surface area contributed by atoms with E-state index in [0.717, 1.165) is 0 Å². The molecule has 0 aromatic carbocycles. The van der Waals surface area contributed by atoms with Crippen molar-refractivity contribution in [2.24, 2.45) is 0 Å². The lowest BCUT2D eigenvalue weighted by molar-refractivity contribution is -0.117. The average Bonchev–Trinajstić information content (AvgIpc) is 2.13. The van der Waals surface area contributed by atoms with Crippen LogP contribution < -0.4 is 10.6 Å². The third kappa shape index (κ3) is 6.81. The number of hydrogen-bond donors (Lipinski definition) is 2. The molecule has 2 N–H and O–H groups in total. The number of nitrogens with one attached hydrogen (secondary N) is 2. The van der Waals surface area contributed by atoms with E-state index in [1.165, 1.54) is 6.20 Å². The summed E-state index contributed by atoms with van der Waals surface area (Å²) in [5, 5.41) is 14.2. The fourth-order valence-electron chi connectivity index (χ4n) is 0.693. The summed E-state index contributed by atoms with van der Waals surface area (Å²) in [6.07, 6.45) is 1.42. The molecular formula is C10H16ClN3O. The van der Waals surface area contributed by atoms with Gasteiger partial charge in [0.1, 0.15) is 11.6 Å². The van der Waals surface area contributed by atoms with E-state index in [0.29, 0.717) is 12.4 Å². The Morgan fingerprint density at radius 3 is 2.53 bits per heavy atom. The van der Waals surface area contributed by atoms with Gasteiger partial charge in [0.2, 0.25) is 0 Å². The first-order valence-corrected chi connectivity index (χ1v) is 5.16. The highest BCUT2D eigenvalue weighted by Crippen LogP contribution is 2.00. The predicted molar refractivity (Wildman–Crippen MR) is 60.3 cm³/mol. The van der Waals surface area contributed by atoms with Crippen molar-refractivity contribution in [3.63, 3.8) is 0 Å². The molecule has 15 heavy (non-hydrogen) atoms. The van der Waals surface area contributed by atoms with Gasteiger partial charge in [0.05, 0.1) is 0 Å². The van der Waals surface area contributed by atoms with Crippen molar-refractivity contribution in [1.82, 2.24) is 10.6 Å². The molecule has 0 aromatic rings. The van der Waals surface area contributed by atoms with E-state index in [2.05, 4.69) is 10.6 Å². The van der Waals surface area contributed by atoms with Crippen molar-refractivity contribution < 1.29 is 4.79 Å². The van der Waals surface area contributed by atoms with Crippen LogP contribution in [0.25, 0.3) is 0 Å². The van der Waals surface area contributed by atoms with Gasteiger partial charge < -0.3 is 10.6 Å². The van der Waals surface area contributed by atoms with Gasteiger partial charge in [-0.2, -0.15) is 5.26 Å². The summed E-state index contributed by atoms with van der Waals surface area (Å²) in [5.41, 5.74) is -0.121. The maximum Gasteiger partial charge on any atom is 0.263 e. The molecule has 84 valence electrons. The van der Waals surface area contributed by atoms with E-state index < -0.39 is 5.91 Å².